The van der Waals surface area contributed by atoms with Crippen LogP contribution in [0.15, 0.2) is 23.2 Å². The highest BCUT2D eigenvalue weighted by Crippen LogP contribution is 2.18. The topological polar surface area (TPSA) is 53.6 Å². The number of nitrogens with two attached hydrogens (primary N) is 1. The molecular weight excluding hydrogens is 224 g/mol. The summed E-state index contributed by atoms with van der Waals surface area (Å²) in [7, 11) is 4.12. The molecule has 100 valence electrons. The Hall–Kier alpha value is -1.55. The molecule has 0 radical (unpaired) electrons. The maximum absolute atomic E-state index is 5.89. The van der Waals surface area contributed by atoms with Gasteiger partial charge in [0, 0.05) is 12.2 Å². The summed E-state index contributed by atoms with van der Waals surface area (Å²) in [6.45, 7) is 5.91. The van der Waals surface area contributed by atoms with E-state index in [0.29, 0.717) is 5.96 Å². The molecule has 0 heterocycles. The highest BCUT2D eigenvalue weighted by Gasteiger charge is 2.02. The lowest BCUT2D eigenvalue weighted by atomic mass is 10.1. The fourth-order valence-electron chi connectivity index (χ4n) is 1.77. The molecule has 0 aliphatic rings. The lowest BCUT2D eigenvalue weighted by Crippen LogP contribution is -2.24. The van der Waals surface area contributed by atoms with Crippen molar-refractivity contribution < 1.29 is 0 Å². The summed E-state index contributed by atoms with van der Waals surface area (Å²) in [6.07, 6.45) is 1.02. The largest absolute Gasteiger partial charge is 0.370 e. The highest BCUT2D eigenvalue weighted by molar-refractivity contribution is 5.93. The summed E-state index contributed by atoms with van der Waals surface area (Å²) in [6, 6.07) is 6.17. The molecule has 4 nitrogen and oxygen atoms in total. The lowest BCUT2D eigenvalue weighted by molar-refractivity contribution is 0.403. The first kappa shape index (κ1) is 14.5. The average Bonchev–Trinajstić information content (AvgIpc) is 2.29. The predicted molar refractivity (Wildman–Crippen MR) is 79.2 cm³/mol. The van der Waals surface area contributed by atoms with E-state index >= 15 is 0 Å². The number of hydrogen-bond acceptors (Lipinski definition) is 2. The zero-order chi connectivity index (χ0) is 13.5. The lowest BCUT2D eigenvalue weighted by Gasteiger charge is -2.12. The van der Waals surface area contributed by atoms with Gasteiger partial charge < -0.3 is 16.0 Å². The van der Waals surface area contributed by atoms with E-state index < -0.39 is 0 Å². The van der Waals surface area contributed by atoms with E-state index in [-0.39, 0.29) is 0 Å². The SMILES string of the molecule is Cc1cccc(C)c1NC(N)=NCCCN(C)C. The number of para-hydroxylation sites is 1. The monoisotopic (exact) mass is 248 g/mol. The van der Waals surface area contributed by atoms with Crippen molar-refractivity contribution in [3.8, 4) is 0 Å². The Morgan fingerprint density at radius 3 is 2.44 bits per heavy atom. The van der Waals surface area contributed by atoms with Crippen LogP contribution in [0.25, 0.3) is 0 Å². The van der Waals surface area contributed by atoms with Gasteiger partial charge in [0.1, 0.15) is 0 Å². The molecular formula is C14H24N4. The van der Waals surface area contributed by atoms with E-state index in [1.54, 1.807) is 0 Å². The van der Waals surface area contributed by atoms with E-state index in [2.05, 4.69) is 55.3 Å². The average molecular weight is 248 g/mol. The number of benzene rings is 1. The maximum atomic E-state index is 5.89. The number of anilines is 1. The van der Waals surface area contributed by atoms with Crippen LogP contribution in [0.2, 0.25) is 0 Å². The second-order valence-electron chi connectivity index (χ2n) is 4.82. The zero-order valence-electron chi connectivity index (χ0n) is 11.8. The number of aliphatic imine (C=N–C) groups is 1. The van der Waals surface area contributed by atoms with Gasteiger partial charge in [0.05, 0.1) is 0 Å². The summed E-state index contributed by atoms with van der Waals surface area (Å²) in [5.74, 6) is 0.492. The number of nitrogens with one attached hydrogen (secondary N) is 1. The van der Waals surface area contributed by atoms with Crippen LogP contribution < -0.4 is 11.1 Å². The zero-order valence-corrected chi connectivity index (χ0v) is 11.8. The molecule has 0 fully saturated rings. The third kappa shape index (κ3) is 4.75. The number of aryl methyl sites for hydroxylation is 2. The number of nitrogens with zero attached hydrogens (tertiary/aromatic N) is 2. The van der Waals surface area contributed by atoms with Gasteiger partial charge in [-0.1, -0.05) is 18.2 Å². The quantitative estimate of drug-likeness (QED) is 0.476. The van der Waals surface area contributed by atoms with Crippen LogP contribution in [0.3, 0.4) is 0 Å². The van der Waals surface area contributed by atoms with Crippen molar-refractivity contribution in [3.05, 3.63) is 29.3 Å². The molecule has 18 heavy (non-hydrogen) atoms. The first-order valence-corrected chi connectivity index (χ1v) is 6.28. The van der Waals surface area contributed by atoms with Crippen LogP contribution in [-0.2, 0) is 0 Å². The van der Waals surface area contributed by atoms with Crippen molar-refractivity contribution in [2.45, 2.75) is 20.3 Å². The van der Waals surface area contributed by atoms with Gasteiger partial charge in [-0.2, -0.15) is 0 Å². The molecule has 0 aromatic heterocycles. The molecule has 0 unspecified atom stereocenters. The molecule has 1 rings (SSSR count). The van der Waals surface area contributed by atoms with Crippen molar-refractivity contribution in [1.82, 2.24) is 4.90 Å². The molecule has 0 spiro atoms. The molecule has 1 aromatic carbocycles. The minimum absolute atomic E-state index is 0.492. The first-order chi connectivity index (χ1) is 8.50. The van der Waals surface area contributed by atoms with Crippen molar-refractivity contribution in [3.63, 3.8) is 0 Å². The van der Waals surface area contributed by atoms with Gasteiger partial charge in [0.2, 0.25) is 0 Å². The normalized spacial score (nSPS) is 11.9. The van der Waals surface area contributed by atoms with E-state index in [0.717, 1.165) is 25.2 Å². The molecule has 0 aliphatic heterocycles. The minimum atomic E-state index is 0.492. The second-order valence-corrected chi connectivity index (χ2v) is 4.82. The highest BCUT2D eigenvalue weighted by atomic mass is 15.1. The Morgan fingerprint density at radius 1 is 1.28 bits per heavy atom. The summed E-state index contributed by atoms with van der Waals surface area (Å²) in [5.41, 5.74) is 9.31. The van der Waals surface area contributed by atoms with Gasteiger partial charge in [-0.3, -0.25) is 4.99 Å². The van der Waals surface area contributed by atoms with Crippen LogP contribution in [-0.4, -0.2) is 38.0 Å². The number of hydrogen-bond donors (Lipinski definition) is 2. The van der Waals surface area contributed by atoms with Gasteiger partial charge >= 0.3 is 0 Å². The van der Waals surface area contributed by atoms with Gasteiger partial charge in [-0.05, 0) is 52.0 Å². The van der Waals surface area contributed by atoms with Crippen molar-refractivity contribution in [2.24, 2.45) is 10.7 Å². The fraction of sp³-hybridized carbons (Fsp3) is 0.500. The third-order valence-electron chi connectivity index (χ3n) is 2.78. The van der Waals surface area contributed by atoms with Crippen molar-refractivity contribution >= 4 is 11.6 Å². The van der Waals surface area contributed by atoms with E-state index in [9.17, 15) is 0 Å². The summed E-state index contributed by atoms with van der Waals surface area (Å²) < 4.78 is 0. The number of guanidine groups is 1. The summed E-state index contributed by atoms with van der Waals surface area (Å²) in [4.78, 5) is 6.47. The molecule has 0 aliphatic carbocycles. The molecule has 3 N–H and O–H groups in total. The molecule has 0 atom stereocenters. The third-order valence-corrected chi connectivity index (χ3v) is 2.78. The Morgan fingerprint density at radius 2 is 1.89 bits per heavy atom. The number of rotatable bonds is 5. The second kappa shape index (κ2) is 7.01. The van der Waals surface area contributed by atoms with Crippen LogP contribution in [0, 0.1) is 13.8 Å². The predicted octanol–water partition coefficient (Wildman–Crippen LogP) is 1.98. The maximum Gasteiger partial charge on any atom is 0.193 e. The first-order valence-electron chi connectivity index (χ1n) is 6.28. The molecule has 0 bridgehead atoms. The molecule has 4 heteroatoms. The van der Waals surface area contributed by atoms with E-state index in [1.165, 1.54) is 11.1 Å². The minimum Gasteiger partial charge on any atom is -0.370 e. The fourth-order valence-corrected chi connectivity index (χ4v) is 1.77. The van der Waals surface area contributed by atoms with Gasteiger partial charge in [0.25, 0.3) is 0 Å². The summed E-state index contributed by atoms with van der Waals surface area (Å²) >= 11 is 0. The van der Waals surface area contributed by atoms with Crippen LogP contribution in [0.4, 0.5) is 5.69 Å². The van der Waals surface area contributed by atoms with Crippen LogP contribution >= 0.6 is 0 Å². The van der Waals surface area contributed by atoms with Crippen LogP contribution in [0.5, 0.6) is 0 Å². The Kier molecular flexibility index (Phi) is 5.65. The molecule has 0 saturated carbocycles. The molecule has 0 amide bonds. The molecule has 1 aromatic rings. The Balaban J connectivity index is 2.53. The molecule has 0 saturated heterocycles. The van der Waals surface area contributed by atoms with Gasteiger partial charge in [-0.15, -0.1) is 0 Å². The van der Waals surface area contributed by atoms with E-state index in [1.807, 2.05) is 6.07 Å². The summed E-state index contributed by atoms with van der Waals surface area (Å²) in [5, 5.41) is 3.18. The van der Waals surface area contributed by atoms with Crippen molar-refractivity contribution in [2.75, 3.05) is 32.5 Å². The van der Waals surface area contributed by atoms with E-state index in [4.69, 9.17) is 5.73 Å². The Bertz CT molecular complexity index is 390. The van der Waals surface area contributed by atoms with Gasteiger partial charge in [0.15, 0.2) is 5.96 Å². The standard InChI is InChI=1S/C14H24N4/c1-11-7-5-8-12(2)13(11)17-14(15)16-9-6-10-18(3)4/h5,7-8H,6,9-10H2,1-4H3,(H3,15,16,17). The Labute approximate surface area is 110 Å². The van der Waals surface area contributed by atoms with Crippen LogP contribution in [0.1, 0.15) is 17.5 Å². The van der Waals surface area contributed by atoms with Gasteiger partial charge in [-0.25, -0.2) is 0 Å². The van der Waals surface area contributed by atoms with Crippen molar-refractivity contribution in [1.29, 1.82) is 0 Å². The smallest absolute Gasteiger partial charge is 0.193 e.